The molecule has 1 fully saturated rings. The van der Waals surface area contributed by atoms with Crippen molar-refractivity contribution in [3.8, 4) is 0 Å². The summed E-state index contributed by atoms with van der Waals surface area (Å²) in [4.78, 5) is 21.8. The van der Waals surface area contributed by atoms with Gasteiger partial charge in [-0.15, -0.1) is 0 Å². The molecule has 0 saturated carbocycles. The first-order chi connectivity index (χ1) is 14.5. The maximum Gasteiger partial charge on any atom is 0.222 e. The Morgan fingerprint density at radius 2 is 1.73 bits per heavy atom. The molecule has 2 heterocycles. The van der Waals surface area contributed by atoms with Gasteiger partial charge in [0, 0.05) is 54.0 Å². The summed E-state index contributed by atoms with van der Waals surface area (Å²) in [5.74, 6) is 0.734. The van der Waals surface area contributed by atoms with Crippen LogP contribution in [0.4, 0.5) is 11.4 Å². The third-order valence-electron chi connectivity index (χ3n) is 5.75. The molecule has 2 aliphatic heterocycles. The van der Waals surface area contributed by atoms with E-state index in [2.05, 4.69) is 60.0 Å². The minimum absolute atomic E-state index is 0.306. The average Bonchev–Trinajstić information content (AvgIpc) is 2.73. The van der Waals surface area contributed by atoms with E-state index in [1.807, 2.05) is 22.7 Å². The van der Waals surface area contributed by atoms with Crippen LogP contribution in [0.3, 0.4) is 0 Å². The number of halogens is 1. The molecular weight excluding hydrogens is 414 g/mol. The Morgan fingerprint density at radius 1 is 1.00 bits per heavy atom. The first-order valence-corrected chi connectivity index (χ1v) is 12.0. The molecule has 6 heteroatoms. The SMILES string of the molecule is CC(C)CC(=O)N1CCN(CCCN2c3ccccc3Sc3ccc(Cl)cc32)CC1. The molecule has 0 aromatic heterocycles. The standard InChI is InChI=1S/C24H30ClN3OS/c1-18(2)16-24(29)27-14-12-26(13-15-27)10-5-11-28-20-6-3-4-7-22(20)30-23-9-8-19(25)17-21(23)28/h3-4,6-9,17-18H,5,10-16H2,1-2H3. The molecule has 2 aromatic rings. The van der Waals surface area contributed by atoms with Crippen molar-refractivity contribution < 1.29 is 4.79 Å². The lowest BCUT2D eigenvalue weighted by Crippen LogP contribution is -2.49. The number of carbonyl (C=O) groups excluding carboxylic acids is 1. The molecule has 0 unspecified atom stereocenters. The molecule has 4 nitrogen and oxygen atoms in total. The van der Waals surface area contributed by atoms with Gasteiger partial charge >= 0.3 is 0 Å². The molecule has 160 valence electrons. The van der Waals surface area contributed by atoms with Crippen molar-refractivity contribution in [2.24, 2.45) is 5.92 Å². The first-order valence-electron chi connectivity index (χ1n) is 10.9. The molecule has 1 saturated heterocycles. The van der Waals surface area contributed by atoms with E-state index in [1.165, 1.54) is 21.2 Å². The fourth-order valence-corrected chi connectivity index (χ4v) is 5.44. The molecule has 2 aromatic carbocycles. The van der Waals surface area contributed by atoms with Crippen LogP contribution in [0.15, 0.2) is 52.3 Å². The lowest BCUT2D eigenvalue weighted by molar-refractivity contribution is -0.133. The van der Waals surface area contributed by atoms with Gasteiger partial charge in [-0.3, -0.25) is 9.69 Å². The van der Waals surface area contributed by atoms with E-state index in [0.29, 0.717) is 18.2 Å². The fraction of sp³-hybridized carbons (Fsp3) is 0.458. The Kier molecular flexibility index (Phi) is 6.91. The Hall–Kier alpha value is -1.69. The minimum atomic E-state index is 0.306. The van der Waals surface area contributed by atoms with Crippen LogP contribution in [-0.4, -0.2) is 55.0 Å². The Bertz CT molecular complexity index is 896. The smallest absolute Gasteiger partial charge is 0.222 e. The Balaban J connectivity index is 1.35. The van der Waals surface area contributed by atoms with Crippen LogP contribution in [0.1, 0.15) is 26.7 Å². The lowest BCUT2D eigenvalue weighted by atomic mass is 10.1. The highest BCUT2D eigenvalue weighted by Crippen LogP contribution is 2.48. The van der Waals surface area contributed by atoms with Crippen LogP contribution in [0.2, 0.25) is 5.02 Å². The quantitative estimate of drug-likeness (QED) is 0.587. The summed E-state index contributed by atoms with van der Waals surface area (Å²) in [7, 11) is 0. The summed E-state index contributed by atoms with van der Waals surface area (Å²) in [6, 6.07) is 14.8. The number of nitrogens with zero attached hydrogens (tertiary/aromatic N) is 3. The lowest BCUT2D eigenvalue weighted by Gasteiger charge is -2.36. The van der Waals surface area contributed by atoms with Crippen LogP contribution >= 0.6 is 23.4 Å². The normalized spacial score (nSPS) is 16.5. The summed E-state index contributed by atoms with van der Waals surface area (Å²) in [5.41, 5.74) is 2.47. The van der Waals surface area contributed by atoms with Gasteiger partial charge in [0.05, 0.1) is 11.4 Å². The number of benzene rings is 2. The maximum atomic E-state index is 12.3. The van der Waals surface area contributed by atoms with E-state index in [1.54, 1.807) is 0 Å². The number of amides is 1. The van der Waals surface area contributed by atoms with E-state index in [0.717, 1.165) is 50.7 Å². The Morgan fingerprint density at radius 3 is 2.50 bits per heavy atom. The second-order valence-corrected chi connectivity index (χ2v) is 10.0. The van der Waals surface area contributed by atoms with Crippen molar-refractivity contribution in [1.82, 2.24) is 9.80 Å². The second-order valence-electron chi connectivity index (χ2n) is 8.51. The van der Waals surface area contributed by atoms with Crippen LogP contribution in [0.5, 0.6) is 0 Å². The topological polar surface area (TPSA) is 26.8 Å². The second kappa shape index (κ2) is 9.63. The van der Waals surface area contributed by atoms with Gasteiger partial charge in [-0.05, 0) is 49.2 Å². The first kappa shape index (κ1) is 21.5. The number of fused-ring (bicyclic) bond motifs is 2. The van der Waals surface area contributed by atoms with Crippen molar-refractivity contribution in [2.45, 2.75) is 36.5 Å². The van der Waals surface area contributed by atoms with Crippen LogP contribution in [0.25, 0.3) is 0 Å². The summed E-state index contributed by atoms with van der Waals surface area (Å²) in [6.07, 6.45) is 1.74. The number of hydrogen-bond acceptors (Lipinski definition) is 4. The van der Waals surface area contributed by atoms with Crippen molar-refractivity contribution in [2.75, 3.05) is 44.2 Å². The zero-order valence-corrected chi connectivity index (χ0v) is 19.4. The van der Waals surface area contributed by atoms with E-state index in [9.17, 15) is 4.79 Å². The van der Waals surface area contributed by atoms with Crippen molar-refractivity contribution in [3.63, 3.8) is 0 Å². The molecular formula is C24H30ClN3OS. The van der Waals surface area contributed by atoms with Gasteiger partial charge < -0.3 is 9.80 Å². The molecule has 0 N–H and O–H groups in total. The third-order valence-corrected chi connectivity index (χ3v) is 7.12. The van der Waals surface area contributed by atoms with Gasteiger partial charge in [-0.25, -0.2) is 0 Å². The molecule has 0 atom stereocenters. The molecule has 0 spiro atoms. The van der Waals surface area contributed by atoms with Gasteiger partial charge in [-0.2, -0.15) is 0 Å². The van der Waals surface area contributed by atoms with Crippen LogP contribution in [-0.2, 0) is 4.79 Å². The number of piperazine rings is 1. The Labute approximate surface area is 189 Å². The van der Waals surface area contributed by atoms with E-state index < -0.39 is 0 Å². The molecule has 0 bridgehead atoms. The molecule has 0 radical (unpaired) electrons. The third kappa shape index (κ3) is 4.96. The number of hydrogen-bond donors (Lipinski definition) is 0. The van der Waals surface area contributed by atoms with Gasteiger partial charge in [-0.1, -0.05) is 49.3 Å². The van der Waals surface area contributed by atoms with Gasteiger partial charge in [0.2, 0.25) is 5.91 Å². The number of para-hydroxylation sites is 1. The van der Waals surface area contributed by atoms with Crippen LogP contribution in [0, 0.1) is 5.92 Å². The van der Waals surface area contributed by atoms with Crippen LogP contribution < -0.4 is 4.90 Å². The summed E-state index contributed by atoms with van der Waals surface area (Å²) in [6.45, 7) is 9.87. The summed E-state index contributed by atoms with van der Waals surface area (Å²) in [5, 5.41) is 0.779. The largest absolute Gasteiger partial charge is 0.340 e. The summed E-state index contributed by atoms with van der Waals surface area (Å²) < 4.78 is 0. The zero-order valence-electron chi connectivity index (χ0n) is 17.8. The van der Waals surface area contributed by atoms with Gasteiger partial charge in [0.25, 0.3) is 0 Å². The van der Waals surface area contributed by atoms with Crippen molar-refractivity contribution in [3.05, 3.63) is 47.5 Å². The van der Waals surface area contributed by atoms with Gasteiger partial charge in [0.1, 0.15) is 0 Å². The molecule has 4 rings (SSSR count). The van der Waals surface area contributed by atoms with E-state index in [4.69, 9.17) is 11.6 Å². The average molecular weight is 444 g/mol. The highest BCUT2D eigenvalue weighted by molar-refractivity contribution is 7.99. The maximum absolute atomic E-state index is 12.3. The monoisotopic (exact) mass is 443 g/mol. The molecule has 0 aliphatic carbocycles. The number of anilines is 2. The summed E-state index contributed by atoms with van der Waals surface area (Å²) >= 11 is 8.13. The van der Waals surface area contributed by atoms with Crippen molar-refractivity contribution in [1.29, 1.82) is 0 Å². The van der Waals surface area contributed by atoms with E-state index in [-0.39, 0.29) is 0 Å². The molecule has 1 amide bonds. The van der Waals surface area contributed by atoms with Gasteiger partial charge in [0.15, 0.2) is 0 Å². The highest BCUT2D eigenvalue weighted by atomic mass is 35.5. The number of carbonyl (C=O) groups is 1. The highest BCUT2D eigenvalue weighted by Gasteiger charge is 2.24. The van der Waals surface area contributed by atoms with Crippen molar-refractivity contribution >= 4 is 40.6 Å². The molecule has 30 heavy (non-hydrogen) atoms. The predicted molar refractivity (Wildman–Crippen MR) is 126 cm³/mol. The fourth-order valence-electron chi connectivity index (χ4n) is 4.20. The molecule has 2 aliphatic rings. The number of rotatable bonds is 6. The van der Waals surface area contributed by atoms with E-state index >= 15 is 0 Å². The predicted octanol–water partition coefficient (Wildman–Crippen LogP) is 5.52. The zero-order chi connectivity index (χ0) is 21.1. The minimum Gasteiger partial charge on any atom is -0.340 e.